The lowest BCUT2D eigenvalue weighted by atomic mass is 9.92. The third-order valence-electron chi connectivity index (χ3n) is 1.85. The fourth-order valence-electron chi connectivity index (χ4n) is 0.928. The Balaban J connectivity index is 3.29. The second-order valence-electron chi connectivity index (χ2n) is 4.37. The van der Waals surface area contributed by atoms with Gasteiger partial charge in [0.25, 0.3) is 0 Å². The number of rotatable bonds is 1. The van der Waals surface area contributed by atoms with Gasteiger partial charge in [-0.25, -0.2) is 8.99 Å². The summed E-state index contributed by atoms with van der Waals surface area (Å²) in [5.41, 5.74) is 0.630. The third-order valence-corrected chi connectivity index (χ3v) is 2.97. The summed E-state index contributed by atoms with van der Waals surface area (Å²) >= 11 is 0. The quantitative estimate of drug-likeness (QED) is 0.773. The smallest absolute Gasteiger partial charge is 0.0713 e. The van der Waals surface area contributed by atoms with Gasteiger partial charge >= 0.3 is 0 Å². The summed E-state index contributed by atoms with van der Waals surface area (Å²) in [4.78, 5) is 0.442. The van der Waals surface area contributed by atoms with Gasteiger partial charge in [0.05, 0.1) is 26.5 Å². The molecule has 78 valence electrons. The molecule has 0 amide bonds. The van der Waals surface area contributed by atoms with E-state index < -0.39 is 9.73 Å². The van der Waals surface area contributed by atoms with Gasteiger partial charge in [0, 0.05) is 11.7 Å². The summed E-state index contributed by atoms with van der Waals surface area (Å²) in [5, 5.41) is 7.73. The first-order valence-electron chi connectivity index (χ1n) is 4.28. The van der Waals surface area contributed by atoms with Crippen LogP contribution in [-0.4, -0.2) is 20.7 Å². The highest BCUT2D eigenvalue weighted by Crippen LogP contribution is 2.21. The number of nitrogens with one attached hydrogen (secondary N) is 1. The van der Waals surface area contributed by atoms with Crippen LogP contribution in [0, 0.1) is 4.78 Å². The van der Waals surface area contributed by atoms with Crippen molar-refractivity contribution in [3.8, 4) is 0 Å². The minimum atomic E-state index is -2.69. The highest BCUT2D eigenvalue weighted by Gasteiger charge is 2.17. The molecule has 1 aromatic rings. The molecule has 0 bridgehead atoms. The molecule has 5 heteroatoms. The monoisotopic (exact) mass is 213 g/mol. The molecule has 1 unspecified atom stereocenters. The number of aromatic nitrogens is 2. The van der Waals surface area contributed by atoms with Crippen LogP contribution in [0.2, 0.25) is 0 Å². The molecule has 0 aliphatic heterocycles. The maximum atomic E-state index is 11.5. The zero-order chi connectivity index (χ0) is 11.0. The fourth-order valence-corrected chi connectivity index (χ4v) is 1.51. The second-order valence-corrected chi connectivity index (χ2v) is 6.53. The zero-order valence-corrected chi connectivity index (χ0v) is 9.68. The van der Waals surface area contributed by atoms with Crippen LogP contribution in [0.4, 0.5) is 0 Å². The lowest BCUT2D eigenvalue weighted by Gasteiger charge is -2.17. The SMILES string of the molecule is CC(C)(C)c1cc(S(C)(=N)=O)cnn1. The van der Waals surface area contributed by atoms with Crippen molar-refractivity contribution in [2.45, 2.75) is 31.1 Å². The van der Waals surface area contributed by atoms with Crippen LogP contribution < -0.4 is 0 Å². The van der Waals surface area contributed by atoms with E-state index in [0.29, 0.717) is 4.90 Å². The molecule has 4 nitrogen and oxygen atoms in total. The van der Waals surface area contributed by atoms with E-state index in [-0.39, 0.29) is 5.41 Å². The van der Waals surface area contributed by atoms with Crippen molar-refractivity contribution in [2.75, 3.05) is 6.26 Å². The third kappa shape index (κ3) is 2.51. The predicted molar refractivity (Wildman–Crippen MR) is 55.8 cm³/mol. The minimum Gasteiger partial charge on any atom is -0.249 e. The maximum Gasteiger partial charge on any atom is 0.0713 e. The Morgan fingerprint density at radius 1 is 1.43 bits per heavy atom. The van der Waals surface area contributed by atoms with Crippen LogP contribution in [0.15, 0.2) is 17.2 Å². The number of hydrogen-bond donors (Lipinski definition) is 1. The van der Waals surface area contributed by atoms with Gasteiger partial charge in [-0.2, -0.15) is 10.2 Å². The van der Waals surface area contributed by atoms with Crippen molar-refractivity contribution >= 4 is 9.73 Å². The summed E-state index contributed by atoms with van der Waals surface area (Å²) in [6.45, 7) is 6.01. The van der Waals surface area contributed by atoms with E-state index >= 15 is 0 Å². The molecule has 0 spiro atoms. The second kappa shape index (κ2) is 3.31. The molecule has 1 heterocycles. The molecule has 0 aliphatic rings. The first-order valence-corrected chi connectivity index (χ1v) is 6.25. The van der Waals surface area contributed by atoms with Crippen LogP contribution in [0.25, 0.3) is 0 Å². The molecule has 1 aromatic heterocycles. The Labute approximate surface area is 84.7 Å². The van der Waals surface area contributed by atoms with Gasteiger partial charge in [-0.05, 0) is 6.07 Å². The topological polar surface area (TPSA) is 66.7 Å². The lowest BCUT2D eigenvalue weighted by molar-refractivity contribution is 0.555. The van der Waals surface area contributed by atoms with E-state index in [4.69, 9.17) is 4.78 Å². The van der Waals surface area contributed by atoms with E-state index in [1.54, 1.807) is 6.07 Å². The molecule has 0 radical (unpaired) electrons. The van der Waals surface area contributed by atoms with Crippen molar-refractivity contribution in [1.29, 1.82) is 4.78 Å². The van der Waals surface area contributed by atoms with Gasteiger partial charge < -0.3 is 0 Å². The fraction of sp³-hybridized carbons (Fsp3) is 0.556. The first-order chi connectivity index (χ1) is 6.21. The predicted octanol–water partition coefficient (Wildman–Crippen LogP) is 1.81. The highest BCUT2D eigenvalue weighted by molar-refractivity contribution is 7.91. The van der Waals surface area contributed by atoms with E-state index in [1.165, 1.54) is 12.5 Å². The molecular formula is C9H15N3OS. The Morgan fingerprint density at radius 2 is 2.00 bits per heavy atom. The molecule has 0 saturated heterocycles. The van der Waals surface area contributed by atoms with Crippen molar-refractivity contribution in [3.05, 3.63) is 18.0 Å². The molecule has 1 atom stereocenters. The number of hydrogen-bond acceptors (Lipinski definition) is 4. The molecule has 14 heavy (non-hydrogen) atoms. The molecular weight excluding hydrogens is 198 g/mol. The number of nitrogens with zero attached hydrogens (tertiary/aromatic N) is 2. The molecule has 1 rings (SSSR count). The summed E-state index contributed by atoms with van der Waals surface area (Å²) in [5.74, 6) is 0. The molecule has 0 saturated carbocycles. The minimum absolute atomic E-state index is 0.131. The van der Waals surface area contributed by atoms with Gasteiger partial charge in [-0.3, -0.25) is 0 Å². The van der Waals surface area contributed by atoms with E-state index in [1.807, 2.05) is 20.8 Å². The van der Waals surface area contributed by atoms with Gasteiger partial charge in [0.1, 0.15) is 0 Å². The zero-order valence-electron chi connectivity index (χ0n) is 8.87. The first kappa shape index (κ1) is 11.1. The summed E-state index contributed by atoms with van der Waals surface area (Å²) < 4.78 is 18.9. The standard InChI is InChI=1S/C9H15N3OS/c1-9(2,3)8-5-7(6-11-12-8)14(4,10)13/h5-6,10H,1-4H3. The van der Waals surface area contributed by atoms with Crippen LogP contribution >= 0.6 is 0 Å². The van der Waals surface area contributed by atoms with Crippen molar-refractivity contribution in [2.24, 2.45) is 0 Å². The van der Waals surface area contributed by atoms with Crippen LogP contribution in [0.5, 0.6) is 0 Å². The Kier molecular flexibility index (Phi) is 2.63. The Bertz CT molecular complexity index is 432. The largest absolute Gasteiger partial charge is 0.249 e. The van der Waals surface area contributed by atoms with Crippen LogP contribution in [-0.2, 0) is 15.1 Å². The molecule has 0 fully saturated rings. The highest BCUT2D eigenvalue weighted by atomic mass is 32.2. The van der Waals surface area contributed by atoms with E-state index in [2.05, 4.69) is 10.2 Å². The van der Waals surface area contributed by atoms with Crippen molar-refractivity contribution in [1.82, 2.24) is 10.2 Å². The van der Waals surface area contributed by atoms with E-state index in [0.717, 1.165) is 5.69 Å². The Hall–Kier alpha value is -0.970. The maximum absolute atomic E-state index is 11.5. The Morgan fingerprint density at radius 3 is 2.43 bits per heavy atom. The van der Waals surface area contributed by atoms with E-state index in [9.17, 15) is 4.21 Å². The molecule has 1 N–H and O–H groups in total. The summed E-state index contributed by atoms with van der Waals surface area (Å²) in [6, 6.07) is 1.70. The molecule has 0 aromatic carbocycles. The van der Waals surface area contributed by atoms with Gasteiger partial charge in [-0.15, -0.1) is 0 Å². The van der Waals surface area contributed by atoms with Gasteiger partial charge in [-0.1, -0.05) is 20.8 Å². The normalized spacial score (nSPS) is 16.3. The van der Waals surface area contributed by atoms with Gasteiger partial charge in [0.15, 0.2) is 0 Å². The van der Waals surface area contributed by atoms with Crippen molar-refractivity contribution in [3.63, 3.8) is 0 Å². The van der Waals surface area contributed by atoms with Crippen LogP contribution in [0.3, 0.4) is 0 Å². The molecule has 0 aliphatic carbocycles. The summed E-state index contributed by atoms with van der Waals surface area (Å²) in [6.07, 6.45) is 2.78. The average molecular weight is 213 g/mol. The van der Waals surface area contributed by atoms with Crippen molar-refractivity contribution < 1.29 is 4.21 Å². The van der Waals surface area contributed by atoms with Gasteiger partial charge in [0.2, 0.25) is 0 Å². The average Bonchev–Trinajstić information content (AvgIpc) is 2.01. The van der Waals surface area contributed by atoms with Crippen LogP contribution in [0.1, 0.15) is 26.5 Å². The summed E-state index contributed by atoms with van der Waals surface area (Å²) in [7, 11) is -2.69. The lowest BCUT2D eigenvalue weighted by Crippen LogP contribution is -2.15.